The average Bonchev–Trinajstić information content (AvgIpc) is 1.79. The maximum Gasteiger partial charge on any atom is 0.0226 e. The average molecular weight is 139 g/mol. The van der Waals surface area contributed by atoms with Crippen molar-refractivity contribution >= 4 is 6.21 Å². The van der Waals surface area contributed by atoms with Crippen molar-refractivity contribution in [3.63, 3.8) is 0 Å². The molecule has 58 valence electrons. The molecular formula is C9H17N. The minimum atomic E-state index is 0.553. The Labute approximate surface area is 63.9 Å². The molecular weight excluding hydrogens is 122 g/mol. The van der Waals surface area contributed by atoms with Gasteiger partial charge in [0.25, 0.3) is 0 Å². The number of hydrogen-bond donors (Lipinski definition) is 0. The molecule has 0 rings (SSSR count). The van der Waals surface area contributed by atoms with E-state index in [-0.39, 0.29) is 0 Å². The van der Waals surface area contributed by atoms with Crippen LogP contribution in [-0.4, -0.2) is 6.21 Å². The second-order valence-electron chi connectivity index (χ2n) is 3.13. The normalized spacial score (nSPS) is 13.0. The minimum Gasteiger partial charge on any atom is -0.269 e. The molecule has 0 aromatic rings. The lowest BCUT2D eigenvalue weighted by Gasteiger charge is -1.91. The third-order valence-corrected chi connectivity index (χ3v) is 0.941. The summed E-state index contributed by atoms with van der Waals surface area (Å²) in [6.07, 6.45) is 5.89. The molecule has 0 heterocycles. The van der Waals surface area contributed by atoms with Crippen LogP contribution in [0.15, 0.2) is 17.3 Å². The van der Waals surface area contributed by atoms with Gasteiger partial charge in [-0.2, -0.15) is 0 Å². The first kappa shape index (κ1) is 9.41. The van der Waals surface area contributed by atoms with Gasteiger partial charge in [0.05, 0.1) is 0 Å². The summed E-state index contributed by atoms with van der Waals surface area (Å²) in [5.74, 6) is 1.15. The highest BCUT2D eigenvalue weighted by Gasteiger charge is 1.82. The third-order valence-electron chi connectivity index (χ3n) is 0.941. The highest BCUT2D eigenvalue weighted by Crippen LogP contribution is 1.93. The van der Waals surface area contributed by atoms with Gasteiger partial charge in [0, 0.05) is 12.4 Å². The first-order valence-corrected chi connectivity index (χ1v) is 3.83. The first-order chi connectivity index (χ1) is 4.63. The van der Waals surface area contributed by atoms with Crippen molar-refractivity contribution in [2.75, 3.05) is 0 Å². The van der Waals surface area contributed by atoms with E-state index in [1.807, 2.05) is 12.4 Å². The zero-order valence-corrected chi connectivity index (χ0v) is 7.33. The molecule has 10 heavy (non-hydrogen) atoms. The van der Waals surface area contributed by atoms with Gasteiger partial charge >= 0.3 is 0 Å². The van der Waals surface area contributed by atoms with Crippen molar-refractivity contribution < 1.29 is 0 Å². The fourth-order valence-corrected chi connectivity index (χ4v) is 0.444. The van der Waals surface area contributed by atoms with E-state index in [1.165, 1.54) is 0 Å². The predicted octanol–water partition coefficient (Wildman–Crippen LogP) is 2.88. The molecule has 0 atom stereocenters. The molecule has 0 saturated heterocycles. The molecule has 0 N–H and O–H groups in total. The third kappa shape index (κ3) is 7.41. The van der Waals surface area contributed by atoms with E-state index < -0.39 is 0 Å². The minimum absolute atomic E-state index is 0.553. The number of allylic oxidation sites excluding steroid dienone is 1. The monoisotopic (exact) mass is 139 g/mol. The summed E-state index contributed by atoms with van der Waals surface area (Å²) in [4.78, 5) is 4.11. The van der Waals surface area contributed by atoms with Gasteiger partial charge in [-0.05, 0) is 11.8 Å². The van der Waals surface area contributed by atoms with Gasteiger partial charge in [-0.3, -0.25) is 4.99 Å². The Bertz CT molecular complexity index is 105. The van der Waals surface area contributed by atoms with Crippen molar-refractivity contribution in [3.8, 4) is 0 Å². The molecule has 0 spiro atoms. The van der Waals surface area contributed by atoms with Crippen LogP contribution in [0.5, 0.6) is 0 Å². The van der Waals surface area contributed by atoms with Crippen LogP contribution in [0.25, 0.3) is 0 Å². The molecule has 0 aliphatic heterocycles. The summed E-state index contributed by atoms with van der Waals surface area (Å²) in [7, 11) is 0. The second-order valence-corrected chi connectivity index (χ2v) is 3.13. The van der Waals surface area contributed by atoms with Gasteiger partial charge in [-0.15, -0.1) is 0 Å². The molecule has 1 nitrogen and oxygen atoms in total. The van der Waals surface area contributed by atoms with Crippen LogP contribution < -0.4 is 0 Å². The van der Waals surface area contributed by atoms with E-state index in [9.17, 15) is 0 Å². The van der Waals surface area contributed by atoms with E-state index in [4.69, 9.17) is 0 Å². The summed E-state index contributed by atoms with van der Waals surface area (Å²) in [5, 5.41) is 0. The van der Waals surface area contributed by atoms with Crippen LogP contribution in [0.2, 0.25) is 0 Å². The molecule has 0 unspecified atom stereocenters. The molecule has 0 fully saturated rings. The summed E-state index contributed by atoms with van der Waals surface area (Å²) >= 11 is 0. The smallest absolute Gasteiger partial charge is 0.0226 e. The molecule has 0 aliphatic rings. The van der Waals surface area contributed by atoms with Crippen LogP contribution >= 0.6 is 0 Å². The maximum atomic E-state index is 4.11. The standard InChI is InChI=1S/C9H17N/c1-8(2)5-6-10-7-9(3)4/h5-9H,1-4H3. The van der Waals surface area contributed by atoms with Crippen LogP contribution in [0.1, 0.15) is 27.7 Å². The molecule has 0 saturated carbocycles. The predicted molar refractivity (Wildman–Crippen MR) is 47.3 cm³/mol. The first-order valence-electron chi connectivity index (χ1n) is 3.83. The van der Waals surface area contributed by atoms with Crippen molar-refractivity contribution in [2.24, 2.45) is 16.8 Å². The summed E-state index contributed by atoms with van der Waals surface area (Å²) in [5.41, 5.74) is 0. The quantitative estimate of drug-likeness (QED) is 0.533. The van der Waals surface area contributed by atoms with E-state index in [0.29, 0.717) is 11.8 Å². The van der Waals surface area contributed by atoms with Gasteiger partial charge < -0.3 is 0 Å². The highest BCUT2D eigenvalue weighted by molar-refractivity contribution is 5.60. The molecule has 0 bridgehead atoms. The summed E-state index contributed by atoms with van der Waals surface area (Å²) in [6, 6.07) is 0. The van der Waals surface area contributed by atoms with E-state index in [0.717, 1.165) is 0 Å². The van der Waals surface area contributed by atoms with E-state index >= 15 is 0 Å². The summed E-state index contributed by atoms with van der Waals surface area (Å²) in [6.45, 7) is 8.52. The molecule has 1 heteroatoms. The largest absolute Gasteiger partial charge is 0.269 e. The Morgan fingerprint density at radius 1 is 1.00 bits per heavy atom. The van der Waals surface area contributed by atoms with Crippen LogP contribution in [0.4, 0.5) is 0 Å². The Morgan fingerprint density at radius 2 is 1.60 bits per heavy atom. The fraction of sp³-hybridized carbons (Fsp3) is 0.667. The van der Waals surface area contributed by atoms with Gasteiger partial charge in [0.1, 0.15) is 0 Å². The van der Waals surface area contributed by atoms with Gasteiger partial charge in [-0.1, -0.05) is 33.8 Å². The molecule has 0 aromatic heterocycles. The fourth-order valence-electron chi connectivity index (χ4n) is 0.444. The lowest BCUT2D eigenvalue weighted by molar-refractivity contribution is 0.828. The molecule has 0 amide bonds. The van der Waals surface area contributed by atoms with Crippen molar-refractivity contribution in [2.45, 2.75) is 27.7 Å². The molecule has 0 aromatic carbocycles. The second kappa shape index (κ2) is 5.21. The van der Waals surface area contributed by atoms with Gasteiger partial charge in [0.2, 0.25) is 0 Å². The molecule has 0 aliphatic carbocycles. The lowest BCUT2D eigenvalue weighted by Crippen LogP contribution is -1.85. The summed E-state index contributed by atoms with van der Waals surface area (Å²) < 4.78 is 0. The Morgan fingerprint density at radius 3 is 2.00 bits per heavy atom. The zero-order valence-electron chi connectivity index (χ0n) is 7.33. The Kier molecular flexibility index (Phi) is 4.91. The van der Waals surface area contributed by atoms with Crippen molar-refractivity contribution in [3.05, 3.63) is 12.3 Å². The number of hydrogen-bond acceptors (Lipinski definition) is 1. The maximum absolute atomic E-state index is 4.11. The van der Waals surface area contributed by atoms with Crippen molar-refractivity contribution in [1.29, 1.82) is 0 Å². The lowest BCUT2D eigenvalue weighted by atomic mass is 10.2. The van der Waals surface area contributed by atoms with Crippen LogP contribution in [-0.2, 0) is 0 Å². The van der Waals surface area contributed by atoms with Gasteiger partial charge in [-0.25, -0.2) is 0 Å². The highest BCUT2D eigenvalue weighted by atomic mass is 14.7. The topological polar surface area (TPSA) is 12.4 Å². The van der Waals surface area contributed by atoms with E-state index in [2.05, 4.69) is 38.8 Å². The Balaban J connectivity index is 3.52. The Hall–Kier alpha value is -0.590. The van der Waals surface area contributed by atoms with Crippen LogP contribution in [0, 0.1) is 11.8 Å². The van der Waals surface area contributed by atoms with Crippen LogP contribution in [0.3, 0.4) is 0 Å². The number of aliphatic imine (C=N–C) groups is 1. The zero-order chi connectivity index (χ0) is 7.98. The number of rotatable bonds is 3. The molecule has 0 radical (unpaired) electrons. The van der Waals surface area contributed by atoms with Crippen molar-refractivity contribution in [1.82, 2.24) is 0 Å². The van der Waals surface area contributed by atoms with E-state index in [1.54, 1.807) is 0 Å². The SMILES string of the molecule is CC(C)C=CN=CC(C)C. The number of nitrogens with zero attached hydrogens (tertiary/aromatic N) is 1. The van der Waals surface area contributed by atoms with Gasteiger partial charge in [0.15, 0.2) is 0 Å².